The van der Waals surface area contributed by atoms with Gasteiger partial charge < -0.3 is 10.2 Å². The average Bonchev–Trinajstić information content (AvgIpc) is 2.83. The van der Waals surface area contributed by atoms with Crippen molar-refractivity contribution in [1.29, 1.82) is 0 Å². The summed E-state index contributed by atoms with van der Waals surface area (Å²) < 4.78 is 0. The van der Waals surface area contributed by atoms with Crippen molar-refractivity contribution in [2.24, 2.45) is 5.92 Å². The molecule has 32 heavy (non-hydrogen) atoms. The van der Waals surface area contributed by atoms with Gasteiger partial charge in [0.2, 0.25) is 5.91 Å². The Bertz CT molecular complexity index is 1010. The van der Waals surface area contributed by atoms with E-state index in [0.29, 0.717) is 22.8 Å². The van der Waals surface area contributed by atoms with Crippen LogP contribution in [0.25, 0.3) is 0 Å². The van der Waals surface area contributed by atoms with E-state index < -0.39 is 0 Å². The van der Waals surface area contributed by atoms with E-state index in [1.54, 1.807) is 0 Å². The molecule has 0 atom stereocenters. The first-order chi connectivity index (χ1) is 15.7. The third-order valence-corrected chi connectivity index (χ3v) is 6.67. The van der Waals surface area contributed by atoms with Gasteiger partial charge in [-0.25, -0.2) is 9.97 Å². The number of halogens is 1. The molecule has 166 valence electrons. The van der Waals surface area contributed by atoms with E-state index >= 15 is 0 Å². The molecule has 2 heterocycles. The Labute approximate surface area is 198 Å². The van der Waals surface area contributed by atoms with Crippen LogP contribution in [0.1, 0.15) is 24.0 Å². The molecule has 1 amide bonds. The molecule has 0 radical (unpaired) electrons. The molecular weight excluding hydrogens is 440 g/mol. The zero-order chi connectivity index (χ0) is 22.2. The number of nitrogens with zero attached hydrogens (tertiary/aromatic N) is 3. The lowest BCUT2D eigenvalue weighted by atomic mass is 9.90. The minimum atomic E-state index is -0.0503. The molecule has 0 unspecified atom stereocenters. The first kappa shape index (κ1) is 22.6. The fourth-order valence-electron chi connectivity index (χ4n) is 3.90. The highest BCUT2D eigenvalue weighted by atomic mass is 35.5. The maximum atomic E-state index is 12.2. The van der Waals surface area contributed by atoms with Crippen LogP contribution in [0.15, 0.2) is 71.9 Å². The molecular formula is C25H27ClN4OS. The van der Waals surface area contributed by atoms with Gasteiger partial charge in [-0.05, 0) is 36.3 Å². The van der Waals surface area contributed by atoms with Crippen molar-refractivity contribution in [1.82, 2.24) is 15.3 Å². The fourth-order valence-corrected chi connectivity index (χ4v) is 4.81. The van der Waals surface area contributed by atoms with Crippen molar-refractivity contribution in [3.8, 4) is 0 Å². The van der Waals surface area contributed by atoms with Crippen molar-refractivity contribution in [3.63, 3.8) is 0 Å². The second-order valence-electron chi connectivity index (χ2n) is 8.00. The molecule has 7 heteroatoms. The van der Waals surface area contributed by atoms with Gasteiger partial charge in [0.1, 0.15) is 11.0 Å². The summed E-state index contributed by atoms with van der Waals surface area (Å²) >= 11 is 7.58. The van der Waals surface area contributed by atoms with E-state index in [1.165, 1.54) is 17.3 Å². The van der Waals surface area contributed by atoms with Crippen molar-refractivity contribution in [2.75, 3.05) is 23.7 Å². The zero-order valence-electron chi connectivity index (χ0n) is 17.9. The van der Waals surface area contributed by atoms with Gasteiger partial charge in [0, 0.05) is 25.7 Å². The van der Waals surface area contributed by atoms with E-state index in [4.69, 9.17) is 11.6 Å². The number of thioether (sulfide) groups is 1. The molecule has 1 saturated heterocycles. The maximum Gasteiger partial charge on any atom is 0.230 e. The van der Waals surface area contributed by atoms with Gasteiger partial charge in [-0.2, -0.15) is 0 Å². The Morgan fingerprint density at radius 1 is 1.00 bits per heavy atom. The summed E-state index contributed by atoms with van der Waals surface area (Å²) in [6.45, 7) is 2.42. The highest BCUT2D eigenvalue weighted by Gasteiger charge is 2.21. The lowest BCUT2D eigenvalue weighted by Crippen LogP contribution is -2.35. The van der Waals surface area contributed by atoms with Gasteiger partial charge in [0.25, 0.3) is 0 Å². The van der Waals surface area contributed by atoms with Crippen LogP contribution >= 0.6 is 23.4 Å². The SMILES string of the molecule is O=C(CSc1nc(Cl)cc(N2CCC(Cc3ccccc3)CC2)n1)NCc1ccccc1. The lowest BCUT2D eigenvalue weighted by molar-refractivity contribution is -0.118. The Hall–Kier alpha value is -2.57. The number of anilines is 1. The number of carbonyl (C=O) groups excluding carboxylic acids is 1. The van der Waals surface area contributed by atoms with Crippen molar-refractivity contribution < 1.29 is 4.79 Å². The molecule has 1 N–H and O–H groups in total. The molecule has 2 aromatic carbocycles. The van der Waals surface area contributed by atoms with Gasteiger partial charge in [-0.1, -0.05) is 84.0 Å². The Kier molecular flexibility index (Phi) is 8.02. The zero-order valence-corrected chi connectivity index (χ0v) is 19.5. The predicted octanol–water partition coefficient (Wildman–Crippen LogP) is 5.00. The van der Waals surface area contributed by atoms with Crippen molar-refractivity contribution >= 4 is 35.1 Å². The largest absolute Gasteiger partial charge is 0.356 e. The van der Waals surface area contributed by atoms with Crippen molar-refractivity contribution in [2.45, 2.75) is 31.0 Å². The Balaban J connectivity index is 1.27. The topological polar surface area (TPSA) is 58.1 Å². The van der Waals surface area contributed by atoms with Crippen LogP contribution < -0.4 is 10.2 Å². The molecule has 1 aliphatic heterocycles. The van der Waals surface area contributed by atoms with Crippen LogP contribution in [0.3, 0.4) is 0 Å². The van der Waals surface area contributed by atoms with Gasteiger partial charge in [-0.15, -0.1) is 0 Å². The minimum absolute atomic E-state index is 0.0503. The minimum Gasteiger partial charge on any atom is -0.356 e. The fraction of sp³-hybridized carbons (Fsp3) is 0.320. The predicted molar refractivity (Wildman–Crippen MR) is 131 cm³/mol. The number of hydrogen-bond donors (Lipinski definition) is 1. The van der Waals surface area contributed by atoms with Crippen LogP contribution in [-0.2, 0) is 17.8 Å². The summed E-state index contributed by atoms with van der Waals surface area (Å²) in [4.78, 5) is 23.5. The average molecular weight is 467 g/mol. The quantitative estimate of drug-likeness (QED) is 0.287. The standard InChI is InChI=1S/C25H27ClN4OS/c26-22-16-23(30-13-11-20(12-14-30)15-19-7-3-1-4-8-19)29-25(28-22)32-18-24(31)27-17-21-9-5-2-6-10-21/h1-10,16,20H,11-15,17-18H2,(H,27,31). The first-order valence-electron chi connectivity index (χ1n) is 10.9. The summed E-state index contributed by atoms with van der Waals surface area (Å²) in [6, 6.07) is 22.4. The summed E-state index contributed by atoms with van der Waals surface area (Å²) in [7, 11) is 0. The number of benzene rings is 2. The molecule has 1 fully saturated rings. The Morgan fingerprint density at radius 2 is 1.66 bits per heavy atom. The molecule has 4 rings (SSSR count). The van der Waals surface area contributed by atoms with Gasteiger partial charge in [0.05, 0.1) is 5.75 Å². The number of hydrogen-bond acceptors (Lipinski definition) is 5. The van der Waals surface area contributed by atoms with Crippen molar-refractivity contribution in [3.05, 3.63) is 83.0 Å². The smallest absolute Gasteiger partial charge is 0.230 e. The second kappa shape index (κ2) is 11.3. The Morgan fingerprint density at radius 3 is 2.34 bits per heavy atom. The normalized spacial score (nSPS) is 14.3. The van der Waals surface area contributed by atoms with Crippen LogP contribution in [0.5, 0.6) is 0 Å². The van der Waals surface area contributed by atoms with Crippen LogP contribution in [0, 0.1) is 5.92 Å². The summed E-state index contributed by atoms with van der Waals surface area (Å²) in [6.07, 6.45) is 3.38. The molecule has 3 aromatic rings. The third-order valence-electron chi connectivity index (χ3n) is 5.63. The number of piperidine rings is 1. The molecule has 0 aliphatic carbocycles. The lowest BCUT2D eigenvalue weighted by Gasteiger charge is -2.33. The highest BCUT2D eigenvalue weighted by Crippen LogP contribution is 2.27. The summed E-state index contributed by atoms with van der Waals surface area (Å²) in [5.74, 6) is 1.74. The highest BCUT2D eigenvalue weighted by molar-refractivity contribution is 7.99. The van der Waals surface area contributed by atoms with Gasteiger partial charge >= 0.3 is 0 Å². The molecule has 0 spiro atoms. The van der Waals surface area contributed by atoms with Crippen LogP contribution in [-0.4, -0.2) is 34.7 Å². The van der Waals surface area contributed by atoms with E-state index in [9.17, 15) is 4.79 Å². The number of amides is 1. The second-order valence-corrected chi connectivity index (χ2v) is 9.33. The van der Waals surface area contributed by atoms with E-state index in [1.807, 2.05) is 36.4 Å². The van der Waals surface area contributed by atoms with Crippen LogP contribution in [0.2, 0.25) is 5.15 Å². The van der Waals surface area contributed by atoms with E-state index in [0.717, 1.165) is 43.7 Å². The number of nitrogens with one attached hydrogen (secondary N) is 1. The molecule has 5 nitrogen and oxygen atoms in total. The van der Waals surface area contributed by atoms with Crippen LogP contribution in [0.4, 0.5) is 5.82 Å². The number of aromatic nitrogens is 2. The number of carbonyl (C=O) groups is 1. The molecule has 1 aliphatic rings. The van der Waals surface area contributed by atoms with Gasteiger partial charge in [-0.3, -0.25) is 4.79 Å². The van der Waals surface area contributed by atoms with Gasteiger partial charge in [0.15, 0.2) is 5.16 Å². The monoisotopic (exact) mass is 466 g/mol. The molecule has 0 saturated carbocycles. The van der Waals surface area contributed by atoms with E-state index in [-0.39, 0.29) is 11.7 Å². The summed E-state index contributed by atoms with van der Waals surface area (Å²) in [5, 5.41) is 3.87. The first-order valence-corrected chi connectivity index (χ1v) is 12.3. The molecule has 0 bridgehead atoms. The van der Waals surface area contributed by atoms with E-state index in [2.05, 4.69) is 50.5 Å². The maximum absolute atomic E-state index is 12.2. The number of rotatable bonds is 8. The molecule has 1 aromatic heterocycles. The third kappa shape index (κ3) is 6.71. The summed E-state index contributed by atoms with van der Waals surface area (Å²) in [5.41, 5.74) is 2.48.